The Morgan fingerprint density at radius 2 is 1.83 bits per heavy atom. The molecule has 1 unspecified atom stereocenters. The molecule has 3 aliphatic heterocycles. The van der Waals surface area contributed by atoms with Gasteiger partial charge in [0, 0.05) is 37.0 Å². The lowest BCUT2D eigenvalue weighted by atomic mass is 9.82. The highest BCUT2D eigenvalue weighted by molar-refractivity contribution is 5.83. The van der Waals surface area contributed by atoms with Crippen LogP contribution in [0.4, 0.5) is 9.18 Å². The van der Waals surface area contributed by atoms with Crippen LogP contribution < -0.4 is 9.47 Å². The lowest BCUT2D eigenvalue weighted by Crippen LogP contribution is -2.54. The van der Waals surface area contributed by atoms with Crippen molar-refractivity contribution >= 4 is 11.9 Å². The molecular formula is C28H32FN3O4. The summed E-state index contributed by atoms with van der Waals surface area (Å²) >= 11 is 0. The Morgan fingerprint density at radius 1 is 1.11 bits per heavy atom. The first-order valence-corrected chi connectivity index (χ1v) is 12.4. The van der Waals surface area contributed by atoms with Gasteiger partial charge in [-0.3, -0.25) is 9.69 Å². The normalized spacial score (nSPS) is 20.6. The van der Waals surface area contributed by atoms with E-state index in [1.165, 1.54) is 7.11 Å². The summed E-state index contributed by atoms with van der Waals surface area (Å²) in [6.45, 7) is 3.73. The van der Waals surface area contributed by atoms with Crippen molar-refractivity contribution in [1.29, 1.82) is 0 Å². The second-order valence-electron chi connectivity index (χ2n) is 9.54. The molecular weight excluding hydrogens is 461 g/mol. The van der Waals surface area contributed by atoms with Crippen molar-refractivity contribution in [1.82, 2.24) is 14.7 Å². The number of likely N-dealkylation sites (N-methyl/N-ethyl adjacent to an activating group) is 1. The number of benzene rings is 2. The minimum absolute atomic E-state index is 0.0720. The number of halogens is 1. The first-order chi connectivity index (χ1) is 17.4. The molecule has 1 atom stereocenters. The Morgan fingerprint density at radius 3 is 2.47 bits per heavy atom. The topological polar surface area (TPSA) is 62.3 Å². The molecule has 2 aromatic rings. The summed E-state index contributed by atoms with van der Waals surface area (Å²) in [6, 6.07) is 13.0. The third-order valence-electron chi connectivity index (χ3n) is 7.77. The number of carbonyl (C=O) groups excluding carboxylic acids is 2. The maximum atomic E-state index is 15.9. The maximum absolute atomic E-state index is 15.9. The number of fused-ring (bicyclic) bond motifs is 3. The minimum atomic E-state index is -1.43. The molecule has 3 heterocycles. The van der Waals surface area contributed by atoms with Gasteiger partial charge < -0.3 is 19.3 Å². The van der Waals surface area contributed by atoms with Crippen LogP contribution in [-0.4, -0.2) is 66.0 Å². The molecule has 36 heavy (non-hydrogen) atoms. The van der Waals surface area contributed by atoms with Crippen molar-refractivity contribution < 1.29 is 23.5 Å². The molecule has 7 nitrogen and oxygen atoms in total. The number of rotatable bonds is 5. The molecule has 2 aromatic carbocycles. The van der Waals surface area contributed by atoms with E-state index in [-0.39, 0.29) is 18.5 Å². The molecule has 1 spiro atoms. The van der Waals surface area contributed by atoms with Crippen LogP contribution in [0, 0.1) is 0 Å². The predicted molar refractivity (Wildman–Crippen MR) is 133 cm³/mol. The van der Waals surface area contributed by atoms with Crippen molar-refractivity contribution in [3.63, 3.8) is 0 Å². The van der Waals surface area contributed by atoms with Crippen LogP contribution in [0.1, 0.15) is 42.6 Å². The van der Waals surface area contributed by atoms with E-state index in [9.17, 15) is 9.59 Å². The quantitative estimate of drug-likeness (QED) is 0.617. The number of urea groups is 1. The lowest BCUT2D eigenvalue weighted by molar-refractivity contribution is -0.132. The van der Waals surface area contributed by atoms with Crippen LogP contribution >= 0.6 is 0 Å². The number of carbonyl (C=O) groups is 2. The van der Waals surface area contributed by atoms with Gasteiger partial charge >= 0.3 is 6.03 Å². The number of allylic oxidation sites excluding steroid dienone is 1. The Kier molecular flexibility index (Phi) is 6.36. The molecule has 0 N–H and O–H groups in total. The molecule has 8 heteroatoms. The van der Waals surface area contributed by atoms with E-state index in [1.807, 2.05) is 47.1 Å². The molecule has 0 aliphatic carbocycles. The zero-order valence-electron chi connectivity index (χ0n) is 21.0. The van der Waals surface area contributed by atoms with Gasteiger partial charge in [0.05, 0.1) is 32.7 Å². The zero-order chi connectivity index (χ0) is 25.4. The average Bonchev–Trinajstić information content (AvgIpc) is 3.00. The minimum Gasteiger partial charge on any atom is -0.497 e. The van der Waals surface area contributed by atoms with E-state index < -0.39 is 11.7 Å². The van der Waals surface area contributed by atoms with E-state index in [1.54, 1.807) is 30.2 Å². The smallest absolute Gasteiger partial charge is 0.325 e. The molecule has 5 rings (SSSR count). The van der Waals surface area contributed by atoms with Gasteiger partial charge in [-0.15, -0.1) is 0 Å². The molecule has 0 aromatic heterocycles. The fraction of sp³-hybridized carbons (Fsp3) is 0.429. The number of piperidine rings is 1. The molecule has 0 bridgehead atoms. The monoisotopic (exact) mass is 493 g/mol. The van der Waals surface area contributed by atoms with Crippen LogP contribution in [0.5, 0.6) is 11.5 Å². The Bertz CT molecular complexity index is 1190. The SMILES string of the molecule is CCN1C(=O)N2Cc3cc(OC)cc(OC)c3C(F)C=C2C12CCN(C(=O)Cc1ccccc1)CC2. The highest BCUT2D eigenvalue weighted by Gasteiger charge is 2.55. The molecule has 2 saturated heterocycles. The van der Waals surface area contributed by atoms with E-state index in [2.05, 4.69) is 0 Å². The van der Waals surface area contributed by atoms with Gasteiger partial charge in [0.15, 0.2) is 0 Å². The summed E-state index contributed by atoms with van der Waals surface area (Å²) in [5.74, 6) is 1.04. The van der Waals surface area contributed by atoms with Crippen LogP contribution in [0.2, 0.25) is 0 Å². The number of methoxy groups -OCH3 is 2. The van der Waals surface area contributed by atoms with Crippen molar-refractivity contribution in [2.24, 2.45) is 0 Å². The van der Waals surface area contributed by atoms with Crippen molar-refractivity contribution in [2.45, 2.75) is 44.4 Å². The van der Waals surface area contributed by atoms with Gasteiger partial charge in [-0.1, -0.05) is 30.3 Å². The second kappa shape index (κ2) is 9.48. The number of amides is 3. The Balaban J connectivity index is 1.44. The number of ether oxygens (including phenoxy) is 2. The van der Waals surface area contributed by atoms with Gasteiger partial charge in [-0.25, -0.2) is 9.18 Å². The summed E-state index contributed by atoms with van der Waals surface area (Å²) in [7, 11) is 3.06. The summed E-state index contributed by atoms with van der Waals surface area (Å²) in [5, 5.41) is 0. The summed E-state index contributed by atoms with van der Waals surface area (Å²) in [5.41, 5.74) is 2.13. The first-order valence-electron chi connectivity index (χ1n) is 12.4. The largest absolute Gasteiger partial charge is 0.497 e. The molecule has 0 radical (unpaired) electrons. The van der Waals surface area contributed by atoms with Crippen LogP contribution in [0.3, 0.4) is 0 Å². The van der Waals surface area contributed by atoms with Gasteiger partial charge in [-0.05, 0) is 43.0 Å². The number of alkyl halides is 1. The molecule has 190 valence electrons. The third-order valence-corrected chi connectivity index (χ3v) is 7.77. The van der Waals surface area contributed by atoms with Gasteiger partial charge in [-0.2, -0.15) is 0 Å². The maximum Gasteiger partial charge on any atom is 0.325 e. The van der Waals surface area contributed by atoms with Gasteiger partial charge in [0.2, 0.25) is 5.91 Å². The summed E-state index contributed by atoms with van der Waals surface area (Å²) in [4.78, 5) is 32.0. The first kappa shape index (κ1) is 24.2. The second-order valence-corrected chi connectivity index (χ2v) is 9.54. The molecule has 3 aliphatic rings. The highest BCUT2D eigenvalue weighted by Crippen LogP contribution is 2.49. The van der Waals surface area contributed by atoms with Crippen LogP contribution in [0.25, 0.3) is 0 Å². The number of likely N-dealkylation sites (tertiary alicyclic amines) is 1. The summed E-state index contributed by atoms with van der Waals surface area (Å²) in [6.07, 6.45) is 1.64. The predicted octanol–water partition coefficient (Wildman–Crippen LogP) is 4.47. The number of nitrogens with zero attached hydrogens (tertiary/aromatic N) is 3. The average molecular weight is 494 g/mol. The standard InChI is InChI=1S/C28H32FN3O4/c1-4-32-27(34)31-18-20-15-21(35-2)16-23(36-3)26(20)22(29)17-24(31)28(32)10-12-30(13-11-28)25(33)14-19-8-6-5-7-9-19/h5-9,15-17,22H,4,10-14,18H2,1-3H3. The van der Waals surface area contributed by atoms with Crippen molar-refractivity contribution in [3.05, 3.63) is 70.9 Å². The van der Waals surface area contributed by atoms with Crippen LogP contribution in [0.15, 0.2) is 54.2 Å². The van der Waals surface area contributed by atoms with Gasteiger partial charge in [0.25, 0.3) is 0 Å². The van der Waals surface area contributed by atoms with Gasteiger partial charge in [0.1, 0.15) is 17.7 Å². The number of hydrogen-bond donors (Lipinski definition) is 0. The van der Waals surface area contributed by atoms with E-state index >= 15 is 4.39 Å². The molecule has 0 saturated carbocycles. The molecule has 2 fully saturated rings. The number of hydrogen-bond acceptors (Lipinski definition) is 4. The van der Waals surface area contributed by atoms with Crippen molar-refractivity contribution in [2.75, 3.05) is 33.9 Å². The lowest BCUT2D eigenvalue weighted by Gasteiger charge is -2.44. The Labute approximate surface area is 211 Å². The Hall–Kier alpha value is -3.55. The highest BCUT2D eigenvalue weighted by atomic mass is 19.1. The van der Waals surface area contributed by atoms with Crippen LogP contribution in [-0.2, 0) is 17.8 Å². The zero-order valence-corrected chi connectivity index (χ0v) is 21.0. The van der Waals surface area contributed by atoms with E-state index in [0.717, 1.165) is 5.56 Å². The third kappa shape index (κ3) is 3.88. The van der Waals surface area contributed by atoms with E-state index in [0.29, 0.717) is 67.2 Å². The fourth-order valence-electron chi connectivity index (χ4n) is 5.97. The van der Waals surface area contributed by atoms with Crippen molar-refractivity contribution in [3.8, 4) is 11.5 Å². The van der Waals surface area contributed by atoms with E-state index in [4.69, 9.17) is 9.47 Å². The summed E-state index contributed by atoms with van der Waals surface area (Å²) < 4.78 is 26.8. The fourth-order valence-corrected chi connectivity index (χ4v) is 5.97. The molecule has 3 amide bonds.